The van der Waals surface area contributed by atoms with Gasteiger partial charge in [-0.3, -0.25) is 9.89 Å². The Labute approximate surface area is 172 Å². The molecule has 0 aromatic heterocycles. The van der Waals surface area contributed by atoms with Gasteiger partial charge >= 0.3 is 0 Å². The summed E-state index contributed by atoms with van der Waals surface area (Å²) in [6, 6.07) is 9.13. The molecule has 0 radical (unpaired) electrons. The zero-order valence-corrected chi connectivity index (χ0v) is 16.8. The topological polar surface area (TPSA) is 46.1 Å². The Bertz CT molecular complexity index is 989. The zero-order valence-electron chi connectivity index (χ0n) is 16.0. The lowest BCUT2D eigenvalue weighted by Crippen LogP contribution is -2.32. The van der Waals surface area contributed by atoms with Crippen LogP contribution in [0.5, 0.6) is 11.5 Å². The number of halogens is 3. The second-order valence-electron chi connectivity index (χ2n) is 6.90. The van der Waals surface area contributed by atoms with Crippen LogP contribution in [0.1, 0.15) is 11.1 Å². The average molecular weight is 420 g/mol. The van der Waals surface area contributed by atoms with Crippen LogP contribution in [0.4, 0.5) is 8.78 Å². The number of fused-ring (bicyclic) bond motifs is 1. The van der Waals surface area contributed by atoms with E-state index in [1.165, 1.54) is 18.2 Å². The molecule has 0 saturated carbocycles. The van der Waals surface area contributed by atoms with Gasteiger partial charge in [0.05, 0.1) is 25.8 Å². The standard InChI is InChI=1S/C21H20ClF2N3O2/c1-28-13-7-6-12(18(8-13)29-2)9-27-10-14-17(11-27)25-21(26-20(14)22)19-15(23)4-3-5-16(19)24/h3-8,17H,9-11H2,1-2H3,(H,25,26). The minimum atomic E-state index is -0.679. The normalized spacial score (nSPS) is 18.9. The van der Waals surface area contributed by atoms with Crippen LogP contribution in [0.2, 0.25) is 0 Å². The van der Waals surface area contributed by atoms with Gasteiger partial charge in [0.25, 0.3) is 0 Å². The summed E-state index contributed by atoms with van der Waals surface area (Å²) in [6.45, 7) is 1.81. The molecule has 0 bridgehead atoms. The van der Waals surface area contributed by atoms with Crippen LogP contribution in [0.15, 0.2) is 52.1 Å². The number of amidine groups is 1. The van der Waals surface area contributed by atoms with E-state index in [9.17, 15) is 8.78 Å². The first kappa shape index (κ1) is 19.7. The molecule has 8 heteroatoms. The first-order valence-electron chi connectivity index (χ1n) is 9.11. The number of nitrogens with one attached hydrogen (secondary N) is 1. The summed E-state index contributed by atoms with van der Waals surface area (Å²) < 4.78 is 39.0. The number of methoxy groups -OCH3 is 2. The number of hydrogen-bond donors (Lipinski definition) is 1. The minimum absolute atomic E-state index is 0.114. The van der Waals surface area contributed by atoms with Gasteiger partial charge in [-0.15, -0.1) is 0 Å². The van der Waals surface area contributed by atoms with Crippen molar-refractivity contribution in [1.82, 2.24) is 10.2 Å². The number of rotatable bonds is 5. The molecule has 1 unspecified atom stereocenters. The van der Waals surface area contributed by atoms with Gasteiger partial charge in [-0.25, -0.2) is 8.78 Å². The number of benzene rings is 2. The fourth-order valence-electron chi connectivity index (χ4n) is 3.67. The molecule has 2 aliphatic heterocycles. The number of nitrogens with zero attached hydrogens (tertiary/aromatic N) is 2. The van der Waals surface area contributed by atoms with Crippen molar-refractivity contribution >= 4 is 17.4 Å². The Morgan fingerprint density at radius 1 is 1.17 bits per heavy atom. The van der Waals surface area contributed by atoms with Crippen molar-refractivity contribution in [2.45, 2.75) is 12.6 Å². The predicted octanol–water partition coefficient (Wildman–Crippen LogP) is 3.67. The molecule has 2 aromatic carbocycles. The van der Waals surface area contributed by atoms with Gasteiger partial charge in [0.2, 0.25) is 0 Å². The molecule has 2 aliphatic rings. The summed E-state index contributed by atoms with van der Waals surface area (Å²) in [4.78, 5) is 6.70. The van der Waals surface area contributed by atoms with Gasteiger partial charge in [-0.05, 0) is 18.2 Å². The number of likely N-dealkylation sites (tertiary alicyclic amines) is 1. The summed E-state index contributed by atoms with van der Waals surface area (Å²) in [5.41, 5.74) is 1.71. The van der Waals surface area contributed by atoms with Gasteiger partial charge in [-0.2, -0.15) is 0 Å². The van der Waals surface area contributed by atoms with Gasteiger partial charge in [0.15, 0.2) is 0 Å². The molecular formula is C21H20ClF2N3O2. The van der Waals surface area contributed by atoms with Crippen molar-refractivity contribution in [3.63, 3.8) is 0 Å². The first-order chi connectivity index (χ1) is 14.0. The average Bonchev–Trinajstić information content (AvgIpc) is 3.11. The van der Waals surface area contributed by atoms with Crippen LogP contribution < -0.4 is 14.8 Å². The van der Waals surface area contributed by atoms with Crippen molar-refractivity contribution in [3.05, 3.63) is 69.9 Å². The molecule has 1 N–H and O–H groups in total. The van der Waals surface area contributed by atoms with E-state index in [-0.39, 0.29) is 17.4 Å². The summed E-state index contributed by atoms with van der Waals surface area (Å²) in [6.07, 6.45) is 0. The number of hydrogen-bond acceptors (Lipinski definition) is 5. The van der Waals surface area contributed by atoms with Crippen LogP contribution in [-0.2, 0) is 6.54 Å². The highest BCUT2D eigenvalue weighted by Gasteiger charge is 2.34. The molecule has 0 spiro atoms. The highest BCUT2D eigenvalue weighted by atomic mass is 35.5. The van der Waals surface area contributed by atoms with E-state index < -0.39 is 11.6 Å². The molecule has 152 valence electrons. The third-order valence-corrected chi connectivity index (χ3v) is 5.45. The van der Waals surface area contributed by atoms with Crippen LogP contribution in [0.25, 0.3) is 0 Å². The molecular weight excluding hydrogens is 400 g/mol. The molecule has 5 nitrogen and oxygen atoms in total. The Kier molecular flexibility index (Phi) is 5.43. The predicted molar refractivity (Wildman–Crippen MR) is 108 cm³/mol. The van der Waals surface area contributed by atoms with Crippen molar-refractivity contribution in [2.75, 3.05) is 27.3 Å². The van der Waals surface area contributed by atoms with Gasteiger partial charge in [-0.1, -0.05) is 23.7 Å². The summed E-state index contributed by atoms with van der Waals surface area (Å²) >= 11 is 6.41. The van der Waals surface area contributed by atoms with E-state index in [1.807, 2.05) is 18.2 Å². The maximum atomic E-state index is 14.2. The first-order valence-corrected chi connectivity index (χ1v) is 9.49. The molecule has 1 atom stereocenters. The summed E-state index contributed by atoms with van der Waals surface area (Å²) in [5, 5.41) is 3.22. The molecule has 2 heterocycles. The fourth-order valence-corrected chi connectivity index (χ4v) is 3.94. The largest absolute Gasteiger partial charge is 0.497 e. The third-order valence-electron chi connectivity index (χ3n) is 5.11. The van der Waals surface area contributed by atoms with Crippen molar-refractivity contribution in [1.29, 1.82) is 0 Å². The lowest BCUT2D eigenvalue weighted by molar-refractivity contribution is 0.319. The molecule has 2 aromatic rings. The molecule has 29 heavy (non-hydrogen) atoms. The quantitative estimate of drug-likeness (QED) is 0.751. The summed E-state index contributed by atoms with van der Waals surface area (Å²) in [7, 11) is 3.22. The van der Waals surface area contributed by atoms with E-state index in [0.29, 0.717) is 24.8 Å². The van der Waals surface area contributed by atoms with Crippen LogP contribution >= 0.6 is 11.6 Å². The SMILES string of the molecule is COc1ccc(CN2CC3=C(Cl)NC(c4c(F)cccc4F)=NC3C2)c(OC)c1. The Morgan fingerprint density at radius 2 is 1.93 bits per heavy atom. The zero-order chi connectivity index (χ0) is 20.5. The second-order valence-corrected chi connectivity index (χ2v) is 7.28. The second kappa shape index (κ2) is 8.00. The van der Waals surface area contributed by atoms with Crippen LogP contribution in [0.3, 0.4) is 0 Å². The van der Waals surface area contributed by atoms with Gasteiger partial charge < -0.3 is 14.8 Å². The monoisotopic (exact) mass is 419 g/mol. The molecule has 0 amide bonds. The van der Waals surface area contributed by atoms with E-state index in [2.05, 4.69) is 15.2 Å². The Morgan fingerprint density at radius 3 is 2.62 bits per heavy atom. The number of ether oxygens (including phenoxy) is 2. The van der Waals surface area contributed by atoms with E-state index in [1.54, 1.807) is 14.2 Å². The Balaban J connectivity index is 1.57. The Hall–Kier alpha value is -2.64. The van der Waals surface area contributed by atoms with Crippen molar-refractivity contribution < 1.29 is 18.3 Å². The van der Waals surface area contributed by atoms with Gasteiger partial charge in [0.1, 0.15) is 34.1 Å². The lowest BCUT2D eigenvalue weighted by atomic mass is 10.1. The maximum absolute atomic E-state index is 14.2. The van der Waals surface area contributed by atoms with E-state index in [4.69, 9.17) is 21.1 Å². The van der Waals surface area contributed by atoms with E-state index in [0.717, 1.165) is 22.6 Å². The van der Waals surface area contributed by atoms with Gasteiger partial charge in [0, 0.05) is 36.8 Å². The fraction of sp³-hybridized carbons (Fsp3) is 0.286. The highest BCUT2D eigenvalue weighted by Crippen LogP contribution is 2.31. The summed E-state index contributed by atoms with van der Waals surface area (Å²) in [5.74, 6) is 0.207. The molecule has 1 saturated heterocycles. The van der Waals surface area contributed by atoms with Crippen LogP contribution in [-0.4, -0.2) is 44.1 Å². The molecule has 4 rings (SSSR count). The molecule has 1 fully saturated rings. The van der Waals surface area contributed by atoms with Crippen molar-refractivity contribution in [2.24, 2.45) is 4.99 Å². The minimum Gasteiger partial charge on any atom is -0.497 e. The van der Waals surface area contributed by atoms with Crippen molar-refractivity contribution in [3.8, 4) is 11.5 Å². The highest BCUT2D eigenvalue weighted by molar-refractivity contribution is 6.31. The third kappa shape index (κ3) is 3.80. The maximum Gasteiger partial charge on any atom is 0.140 e. The lowest BCUT2D eigenvalue weighted by Gasteiger charge is -2.20. The van der Waals surface area contributed by atoms with Crippen LogP contribution in [0, 0.1) is 11.6 Å². The van der Waals surface area contributed by atoms with E-state index >= 15 is 0 Å². The number of aliphatic imine (C=N–C) groups is 1. The smallest absolute Gasteiger partial charge is 0.140 e. The molecule has 0 aliphatic carbocycles.